The Balaban J connectivity index is 1.56. The topological polar surface area (TPSA) is 60.3 Å². The van der Waals surface area contributed by atoms with Crippen molar-refractivity contribution in [3.63, 3.8) is 0 Å². The molecule has 0 aliphatic carbocycles. The first kappa shape index (κ1) is 19.3. The van der Waals surface area contributed by atoms with Gasteiger partial charge in [-0.25, -0.2) is 0 Å². The van der Waals surface area contributed by atoms with Gasteiger partial charge in [0.2, 0.25) is 0 Å². The van der Waals surface area contributed by atoms with Crippen molar-refractivity contribution in [2.45, 2.75) is 37.6 Å². The second-order valence-corrected chi connectivity index (χ2v) is 6.94. The van der Waals surface area contributed by atoms with Crippen LogP contribution in [-0.4, -0.2) is 40.2 Å². The van der Waals surface area contributed by atoms with Crippen LogP contribution in [0.15, 0.2) is 65.8 Å². The third-order valence-electron chi connectivity index (χ3n) is 4.17. The molecule has 1 heterocycles. The van der Waals surface area contributed by atoms with Crippen LogP contribution in [0.3, 0.4) is 0 Å². The standard InChI is InChI=1S/C20H22INO4/c21-11-17-19(23)20(24-13-15-7-3-1-4-8-15)18(26-17)12-22-25-14-16-9-5-2-6-10-16/h1-10,12,17-20,23H,11,13-14H2/b22-12+/t17-,18+,19-,20-/m1/s1. The Bertz CT molecular complexity index is 683. The van der Waals surface area contributed by atoms with Gasteiger partial charge in [0.05, 0.1) is 18.9 Å². The van der Waals surface area contributed by atoms with Crippen molar-refractivity contribution in [3.05, 3.63) is 71.8 Å². The number of hydrogen-bond donors (Lipinski definition) is 1. The minimum atomic E-state index is -0.693. The van der Waals surface area contributed by atoms with Crippen LogP contribution in [0.25, 0.3) is 0 Å². The molecule has 138 valence electrons. The van der Waals surface area contributed by atoms with E-state index < -0.39 is 18.3 Å². The fourth-order valence-electron chi connectivity index (χ4n) is 2.76. The van der Waals surface area contributed by atoms with Crippen LogP contribution in [0, 0.1) is 0 Å². The zero-order valence-corrected chi connectivity index (χ0v) is 16.4. The van der Waals surface area contributed by atoms with Gasteiger partial charge in [-0.15, -0.1) is 0 Å². The minimum absolute atomic E-state index is 0.276. The molecule has 3 rings (SSSR count). The van der Waals surface area contributed by atoms with E-state index in [1.165, 1.54) is 0 Å². The third-order valence-corrected chi connectivity index (χ3v) is 5.04. The smallest absolute Gasteiger partial charge is 0.142 e. The molecule has 1 saturated heterocycles. The highest BCUT2D eigenvalue weighted by Crippen LogP contribution is 2.25. The molecule has 2 aromatic carbocycles. The number of aliphatic hydroxyl groups is 1. The first-order chi connectivity index (χ1) is 12.8. The summed E-state index contributed by atoms with van der Waals surface area (Å²) in [5.41, 5.74) is 2.09. The van der Waals surface area contributed by atoms with Crippen molar-refractivity contribution < 1.29 is 19.4 Å². The van der Waals surface area contributed by atoms with E-state index in [-0.39, 0.29) is 6.10 Å². The SMILES string of the molecule is O[C@H]1[C@H](OCc2ccccc2)[C@H](/C=N/OCc2ccccc2)O[C@@H]1CI. The van der Waals surface area contributed by atoms with Crippen LogP contribution < -0.4 is 0 Å². The van der Waals surface area contributed by atoms with E-state index in [1.807, 2.05) is 60.7 Å². The summed E-state index contributed by atoms with van der Waals surface area (Å²) in [5.74, 6) is 0. The molecule has 1 N–H and O–H groups in total. The number of oxime groups is 1. The van der Waals surface area contributed by atoms with Crippen LogP contribution in [0.1, 0.15) is 11.1 Å². The summed E-state index contributed by atoms with van der Waals surface area (Å²) in [4.78, 5) is 5.35. The second-order valence-electron chi connectivity index (χ2n) is 6.06. The number of benzene rings is 2. The van der Waals surface area contributed by atoms with E-state index in [0.29, 0.717) is 17.6 Å². The van der Waals surface area contributed by atoms with Crippen molar-refractivity contribution in [3.8, 4) is 0 Å². The average molecular weight is 467 g/mol. The molecule has 0 amide bonds. The van der Waals surface area contributed by atoms with Crippen molar-refractivity contribution in [1.82, 2.24) is 0 Å². The molecule has 0 aromatic heterocycles. The fraction of sp³-hybridized carbons (Fsp3) is 0.350. The molecule has 6 heteroatoms. The lowest BCUT2D eigenvalue weighted by Gasteiger charge is -2.18. The van der Waals surface area contributed by atoms with Crippen molar-refractivity contribution >= 4 is 28.8 Å². The van der Waals surface area contributed by atoms with Crippen LogP contribution in [0.5, 0.6) is 0 Å². The number of alkyl halides is 1. The van der Waals surface area contributed by atoms with E-state index in [4.69, 9.17) is 14.3 Å². The summed E-state index contributed by atoms with van der Waals surface area (Å²) in [6.45, 7) is 0.799. The Morgan fingerprint density at radius 1 is 1.00 bits per heavy atom. The molecule has 5 nitrogen and oxygen atoms in total. The van der Waals surface area contributed by atoms with E-state index in [0.717, 1.165) is 11.1 Å². The Morgan fingerprint density at radius 2 is 1.62 bits per heavy atom. The third kappa shape index (κ3) is 5.26. The van der Waals surface area contributed by atoms with Crippen molar-refractivity contribution in [2.75, 3.05) is 4.43 Å². The van der Waals surface area contributed by atoms with Crippen LogP contribution in [0.4, 0.5) is 0 Å². The Morgan fingerprint density at radius 3 is 2.23 bits per heavy atom. The molecular weight excluding hydrogens is 445 g/mol. The summed E-state index contributed by atoms with van der Waals surface area (Å²) < 4.78 is 12.5. The molecule has 1 aliphatic heterocycles. The molecule has 0 radical (unpaired) electrons. The van der Waals surface area contributed by atoms with Gasteiger partial charge in [-0.05, 0) is 11.1 Å². The molecule has 26 heavy (non-hydrogen) atoms. The fourth-order valence-corrected chi connectivity index (χ4v) is 3.49. The minimum Gasteiger partial charge on any atom is -0.391 e. The predicted molar refractivity (Wildman–Crippen MR) is 108 cm³/mol. The lowest BCUT2D eigenvalue weighted by molar-refractivity contribution is -0.0311. The predicted octanol–water partition coefficient (Wildman–Crippen LogP) is 3.34. The first-order valence-corrected chi connectivity index (χ1v) is 10.0. The van der Waals surface area contributed by atoms with Gasteiger partial charge in [0.15, 0.2) is 0 Å². The van der Waals surface area contributed by atoms with E-state index >= 15 is 0 Å². The number of ether oxygens (including phenoxy) is 2. The maximum Gasteiger partial charge on any atom is 0.142 e. The maximum absolute atomic E-state index is 10.5. The zero-order valence-electron chi connectivity index (χ0n) is 14.3. The second kappa shape index (κ2) is 10.0. The summed E-state index contributed by atoms with van der Waals surface area (Å²) in [6.07, 6.45) is -0.305. The summed E-state index contributed by atoms with van der Waals surface area (Å²) in [6, 6.07) is 19.7. The Hall–Kier alpha value is -1.48. The summed E-state index contributed by atoms with van der Waals surface area (Å²) in [7, 11) is 0. The van der Waals surface area contributed by atoms with Crippen molar-refractivity contribution in [2.24, 2.45) is 5.16 Å². The summed E-state index contributed by atoms with van der Waals surface area (Å²) in [5, 5.41) is 14.5. The maximum atomic E-state index is 10.5. The number of rotatable bonds is 8. The van der Waals surface area contributed by atoms with E-state index in [1.54, 1.807) is 6.21 Å². The van der Waals surface area contributed by atoms with Crippen LogP contribution >= 0.6 is 22.6 Å². The first-order valence-electron chi connectivity index (χ1n) is 8.52. The molecule has 0 bridgehead atoms. The molecular formula is C20H22INO4. The largest absolute Gasteiger partial charge is 0.391 e. The van der Waals surface area contributed by atoms with Gasteiger partial charge >= 0.3 is 0 Å². The molecule has 1 fully saturated rings. The van der Waals surface area contributed by atoms with E-state index in [9.17, 15) is 5.11 Å². The average Bonchev–Trinajstić information content (AvgIpc) is 3.00. The number of nitrogens with zero attached hydrogens (tertiary/aromatic N) is 1. The number of aliphatic hydroxyl groups excluding tert-OH is 1. The quantitative estimate of drug-likeness (QED) is 0.280. The van der Waals surface area contributed by atoms with Gasteiger partial charge in [0.25, 0.3) is 0 Å². The highest BCUT2D eigenvalue weighted by atomic mass is 127. The summed E-state index contributed by atoms with van der Waals surface area (Å²) >= 11 is 2.20. The van der Waals surface area contributed by atoms with Gasteiger partial charge in [-0.1, -0.05) is 88.4 Å². The number of halogens is 1. The molecule has 0 saturated carbocycles. The molecule has 4 atom stereocenters. The lowest BCUT2D eigenvalue weighted by atomic mass is 10.1. The Kier molecular flexibility index (Phi) is 7.43. The lowest BCUT2D eigenvalue weighted by Crippen LogP contribution is -2.36. The molecule has 0 unspecified atom stereocenters. The van der Waals surface area contributed by atoms with Crippen LogP contribution in [0.2, 0.25) is 0 Å². The van der Waals surface area contributed by atoms with Gasteiger partial charge in [0, 0.05) is 4.43 Å². The van der Waals surface area contributed by atoms with Gasteiger partial charge in [-0.2, -0.15) is 0 Å². The van der Waals surface area contributed by atoms with Gasteiger partial charge in [0.1, 0.15) is 24.9 Å². The highest BCUT2D eigenvalue weighted by molar-refractivity contribution is 14.1. The van der Waals surface area contributed by atoms with Gasteiger partial charge < -0.3 is 19.4 Å². The molecule has 0 spiro atoms. The highest BCUT2D eigenvalue weighted by Gasteiger charge is 2.43. The van der Waals surface area contributed by atoms with E-state index in [2.05, 4.69) is 27.7 Å². The number of hydrogen-bond acceptors (Lipinski definition) is 5. The van der Waals surface area contributed by atoms with Crippen molar-refractivity contribution in [1.29, 1.82) is 0 Å². The molecule has 1 aliphatic rings. The zero-order chi connectivity index (χ0) is 18.2. The molecule has 2 aromatic rings. The van der Waals surface area contributed by atoms with Crippen LogP contribution in [-0.2, 0) is 27.5 Å². The van der Waals surface area contributed by atoms with Gasteiger partial charge in [-0.3, -0.25) is 0 Å². The monoisotopic (exact) mass is 467 g/mol. The normalized spacial score (nSPS) is 25.6. The Labute approximate surface area is 167 Å².